The summed E-state index contributed by atoms with van der Waals surface area (Å²) in [5.41, 5.74) is 1.85. The standard InChI is InChI=1S/2C29H34NO4S.2C12H17F6NO5S2/c1-29(2,3)30(21-27(31)33-4)22-28(32)34-20-19-23-15-17-26(18-16-23)35(24-11-7-5-8-12-24)25-13-9-6-10-14-25;1-4-23(2)30(21-28(31)33-3)22-29(32)34-20-19-24-15-17-27(18-16-24)35(25-11-7-5-8-12-25)26-13-9-6-10-14-26;2*13-10(14,12(17,18)26(22,23)24)11(15,16)25(20,21)19-6-5-8-3-1-2-4-9(8)7-19/h5-18H,19-22H2,1-4H3;5-18,23H,4,19-22H2,1-3H3;2*8-9H,1-7H2,(H,22,23,24)/q2*+1;;/p-2. The molecule has 4 aliphatic rings. The van der Waals surface area contributed by atoms with E-state index in [1.54, 1.807) is 9.80 Å². The molecule has 2 heterocycles. The van der Waals surface area contributed by atoms with E-state index in [2.05, 4.69) is 146 Å². The summed E-state index contributed by atoms with van der Waals surface area (Å²) in [7, 11) is -24.9. The maximum atomic E-state index is 14.0. The number of carbonyl (C=O) groups excluding carboxylic acids is 4. The topological polar surface area (TPSA) is 301 Å². The molecular weight excluding hydrogens is 1750 g/mol. The lowest BCUT2D eigenvalue weighted by molar-refractivity contribution is -0.247. The Morgan fingerprint density at radius 3 is 0.992 bits per heavy atom. The molecule has 676 valence electrons. The molecule has 2 aliphatic carbocycles. The van der Waals surface area contributed by atoms with Gasteiger partial charge in [0.15, 0.2) is 49.6 Å². The van der Waals surface area contributed by atoms with E-state index < -0.39 is 99.3 Å². The van der Waals surface area contributed by atoms with E-state index in [4.69, 9.17) is 18.9 Å². The van der Waals surface area contributed by atoms with Gasteiger partial charge in [0.25, 0.3) is 20.0 Å². The van der Waals surface area contributed by atoms with Crippen molar-refractivity contribution < 1.29 is 134 Å². The summed E-state index contributed by atoms with van der Waals surface area (Å²) in [5, 5.41) is -26.6. The third-order valence-electron chi connectivity index (χ3n) is 21.4. The molecule has 22 nitrogen and oxygen atoms in total. The number of halogens is 12. The molecule has 0 N–H and O–H groups in total. The highest BCUT2D eigenvalue weighted by molar-refractivity contribution is 7.97. The van der Waals surface area contributed by atoms with E-state index in [1.165, 1.54) is 43.6 Å². The van der Waals surface area contributed by atoms with Crippen LogP contribution in [-0.4, -0.2) is 209 Å². The fourth-order valence-electron chi connectivity index (χ4n) is 14.1. The molecule has 2 saturated heterocycles. The number of piperidine rings is 2. The monoisotopic (exact) mass is 1850 g/mol. The van der Waals surface area contributed by atoms with Crippen molar-refractivity contribution in [3.63, 3.8) is 0 Å². The van der Waals surface area contributed by atoms with Gasteiger partial charge < -0.3 is 28.1 Å². The number of sulfonamides is 2. The second-order valence-corrected chi connectivity index (χ2v) is 41.3. The average Bonchev–Trinajstić information content (AvgIpc) is 0.719. The lowest BCUT2D eigenvalue weighted by Crippen LogP contribution is -2.64. The van der Waals surface area contributed by atoms with Gasteiger partial charge in [-0.3, -0.25) is 29.0 Å². The first-order valence-corrected chi connectivity index (χ1v) is 47.1. The van der Waals surface area contributed by atoms with Crippen molar-refractivity contribution in [3.8, 4) is 0 Å². The van der Waals surface area contributed by atoms with Crippen LogP contribution in [0.4, 0.5) is 52.7 Å². The molecule has 5 atom stereocenters. The molecule has 5 unspecified atom stereocenters. The van der Waals surface area contributed by atoms with Gasteiger partial charge in [-0.15, -0.1) is 0 Å². The molecule has 122 heavy (non-hydrogen) atoms. The van der Waals surface area contributed by atoms with Crippen LogP contribution in [0, 0.1) is 23.7 Å². The molecule has 0 radical (unpaired) electrons. The summed E-state index contributed by atoms with van der Waals surface area (Å²) in [6.45, 7) is 8.41. The zero-order valence-corrected chi connectivity index (χ0v) is 72.8. The number of ether oxygens (including phenoxy) is 4. The van der Waals surface area contributed by atoms with Crippen LogP contribution in [0.25, 0.3) is 0 Å². The van der Waals surface area contributed by atoms with Crippen molar-refractivity contribution in [3.05, 3.63) is 181 Å². The van der Waals surface area contributed by atoms with E-state index >= 15 is 0 Å². The van der Waals surface area contributed by atoms with E-state index in [9.17, 15) is 115 Å². The number of hydrogen-bond acceptors (Lipinski definition) is 20. The average molecular weight is 1850 g/mol. The predicted octanol–water partition coefficient (Wildman–Crippen LogP) is 14.7. The molecule has 0 bridgehead atoms. The number of hydrogen-bond donors (Lipinski definition) is 0. The van der Waals surface area contributed by atoms with Gasteiger partial charge in [-0.25, -0.2) is 33.7 Å². The first kappa shape index (κ1) is 102. The summed E-state index contributed by atoms with van der Waals surface area (Å²) >= 11 is 0. The number of alkyl halides is 12. The zero-order chi connectivity index (χ0) is 90.7. The molecule has 4 fully saturated rings. The Hall–Kier alpha value is -7.38. The van der Waals surface area contributed by atoms with Gasteiger partial charge in [0.1, 0.15) is 0 Å². The maximum absolute atomic E-state index is 14.0. The smallest absolute Gasteiger partial charge is 0.428 e. The summed E-state index contributed by atoms with van der Waals surface area (Å²) in [4.78, 5) is 59.3. The van der Waals surface area contributed by atoms with Crippen molar-refractivity contribution in [2.45, 2.75) is 192 Å². The van der Waals surface area contributed by atoms with Gasteiger partial charge in [0.2, 0.25) is 0 Å². The molecule has 0 spiro atoms. The highest BCUT2D eigenvalue weighted by atomic mass is 32.2. The van der Waals surface area contributed by atoms with Crippen molar-refractivity contribution in [1.29, 1.82) is 0 Å². The number of fused-ring (bicyclic) bond motifs is 2. The normalized spacial score (nSPS) is 18.3. The van der Waals surface area contributed by atoms with E-state index in [-0.39, 0.29) is 135 Å². The Bertz CT molecular complexity index is 4670. The summed E-state index contributed by atoms with van der Waals surface area (Å²) in [5.74, 6) is -16.0. The maximum Gasteiger partial charge on any atom is 0.428 e. The van der Waals surface area contributed by atoms with Gasteiger partial charge >= 0.3 is 56.7 Å². The number of rotatable bonds is 32. The molecule has 40 heteroatoms. The Morgan fingerprint density at radius 1 is 0.418 bits per heavy atom. The molecule has 10 rings (SSSR count). The minimum Gasteiger partial charge on any atom is -0.743 e. The van der Waals surface area contributed by atoms with Crippen LogP contribution in [0.3, 0.4) is 0 Å². The fourth-order valence-corrected chi connectivity index (χ4v) is 22.3. The second-order valence-electron chi connectivity index (χ2n) is 30.5. The lowest BCUT2D eigenvalue weighted by atomic mass is 9.76. The van der Waals surface area contributed by atoms with Crippen molar-refractivity contribution in [2.75, 3.05) is 79.8 Å². The van der Waals surface area contributed by atoms with Crippen LogP contribution in [0.5, 0.6) is 0 Å². The van der Waals surface area contributed by atoms with Gasteiger partial charge in [-0.2, -0.15) is 61.3 Å². The van der Waals surface area contributed by atoms with Crippen LogP contribution in [0.15, 0.2) is 199 Å². The summed E-state index contributed by atoms with van der Waals surface area (Å²) in [6, 6.07) is 59.3. The first-order chi connectivity index (χ1) is 56.9. The van der Waals surface area contributed by atoms with Gasteiger partial charge in [-0.1, -0.05) is 143 Å². The summed E-state index contributed by atoms with van der Waals surface area (Å²) < 4.78 is 293. The number of carbonyl (C=O) groups is 4. The van der Waals surface area contributed by atoms with Crippen molar-refractivity contribution in [2.24, 2.45) is 23.7 Å². The van der Waals surface area contributed by atoms with Crippen LogP contribution in [-0.2, 0) is 113 Å². The van der Waals surface area contributed by atoms with Gasteiger partial charge in [0, 0.05) is 50.6 Å². The minimum absolute atomic E-state index is 0.0130. The van der Waals surface area contributed by atoms with Crippen molar-refractivity contribution in [1.82, 2.24) is 18.4 Å². The summed E-state index contributed by atoms with van der Waals surface area (Å²) in [6.07, 6.45) is 7.77. The van der Waals surface area contributed by atoms with Gasteiger partial charge in [-0.05, 0) is 167 Å². The minimum atomic E-state index is -7.25. The Morgan fingerprint density at radius 2 is 0.697 bits per heavy atom. The molecule has 6 aromatic rings. The fraction of sp³-hybridized carbons (Fsp3) is 0.512. The van der Waals surface area contributed by atoms with Crippen LogP contribution >= 0.6 is 0 Å². The van der Waals surface area contributed by atoms with E-state index in [0.717, 1.165) is 43.2 Å². The van der Waals surface area contributed by atoms with E-state index in [1.807, 2.05) is 58.9 Å². The third-order valence-corrected chi connectivity index (χ3v) is 31.5. The number of esters is 4. The third kappa shape index (κ3) is 25.1. The van der Waals surface area contributed by atoms with Crippen molar-refractivity contribution >= 4 is 86.0 Å². The zero-order valence-electron chi connectivity index (χ0n) is 67.9. The second kappa shape index (κ2) is 43.2. The number of methoxy groups -OCH3 is 2. The highest BCUT2D eigenvalue weighted by Gasteiger charge is 2.82. The predicted molar refractivity (Wildman–Crippen MR) is 429 cm³/mol. The van der Waals surface area contributed by atoms with E-state index in [0.29, 0.717) is 45.1 Å². The first-order valence-electron chi connectivity index (χ1n) is 38.9. The molecule has 2 aliphatic heterocycles. The molecule has 0 amide bonds. The molecule has 6 aromatic carbocycles. The Kier molecular flexibility index (Phi) is 36.0. The molecular formula is C82H100F12N4O18S6. The van der Waals surface area contributed by atoms with Gasteiger partial charge in [0.05, 0.1) is 75.4 Å². The van der Waals surface area contributed by atoms with Crippen LogP contribution in [0.1, 0.15) is 116 Å². The van der Waals surface area contributed by atoms with Crippen LogP contribution in [0.2, 0.25) is 0 Å². The number of benzene rings is 6. The molecule has 2 saturated carbocycles. The quantitative estimate of drug-likeness (QED) is 0.0125. The Balaban J connectivity index is 0.000000226. The SMILES string of the molecule is CCC(C)N(CC(=O)OC)CC(=O)OCCc1ccc([S+](c2ccccc2)c2ccccc2)cc1.COC(=O)CN(CC(=O)OCCc1ccc([S+](c2ccccc2)c2ccccc2)cc1)C(C)(C)C.O=S(=O)([O-])C(F)(F)C(F)(F)C(F)(F)S(=O)(=O)N1CCC2CCCCC2C1.O=S(=O)([O-])C(F)(F)C(F)(F)C(F)(F)S(=O)(=O)N1CCC2CCCCC2C1. The largest absolute Gasteiger partial charge is 0.743 e. The number of nitrogens with zero attached hydrogens (tertiary/aromatic N) is 4. The highest BCUT2D eigenvalue weighted by Crippen LogP contribution is 2.54. The van der Waals surface area contributed by atoms with Crippen LogP contribution < -0.4 is 0 Å². The molecule has 0 aromatic heterocycles. The Labute approximate surface area is 710 Å². The lowest BCUT2D eigenvalue weighted by Gasteiger charge is -2.42.